The number of rotatable bonds is 3. The summed E-state index contributed by atoms with van der Waals surface area (Å²) in [6.45, 7) is 1.81. The summed E-state index contributed by atoms with van der Waals surface area (Å²) >= 11 is 6.01. The molecule has 0 radical (unpaired) electrons. The average molecular weight is 392 g/mol. The van der Waals surface area contributed by atoms with Crippen molar-refractivity contribution in [1.29, 1.82) is 0 Å². The Labute approximate surface area is 158 Å². The summed E-state index contributed by atoms with van der Waals surface area (Å²) in [7, 11) is 0. The van der Waals surface area contributed by atoms with Crippen molar-refractivity contribution >= 4 is 53.2 Å². The molecular weight excluding hydrogens is 378 g/mol. The van der Waals surface area contributed by atoms with Crippen LogP contribution in [-0.2, 0) is 0 Å². The Morgan fingerprint density at radius 3 is 2.85 bits per heavy atom. The summed E-state index contributed by atoms with van der Waals surface area (Å²) in [6, 6.07) is 6.66. The molecule has 0 saturated carbocycles. The molecule has 8 nitrogen and oxygen atoms in total. The normalized spacial score (nSPS) is 12.1. The van der Waals surface area contributed by atoms with Crippen LogP contribution in [0.15, 0.2) is 44.5 Å². The largest absolute Gasteiger partial charge is 0.418 e. The molecule has 0 aliphatic rings. The van der Waals surface area contributed by atoms with Gasteiger partial charge in [-0.15, -0.1) is 0 Å². The molecule has 10 heteroatoms. The van der Waals surface area contributed by atoms with Gasteiger partial charge in [0.05, 0.1) is 12.2 Å². The fourth-order valence-corrected chi connectivity index (χ4v) is 2.79. The molecule has 1 aromatic carbocycles. The third kappa shape index (κ3) is 3.31. The van der Waals surface area contributed by atoms with Crippen molar-refractivity contribution in [2.24, 2.45) is 0 Å². The average Bonchev–Trinajstić information content (AvgIpc) is 2.93. The van der Waals surface area contributed by atoms with E-state index in [1.165, 1.54) is 6.20 Å². The van der Waals surface area contributed by atoms with Gasteiger partial charge in [-0.05, 0) is 31.2 Å². The van der Waals surface area contributed by atoms with Crippen LogP contribution in [0.4, 0.5) is 5.95 Å². The maximum absolute atomic E-state index is 12.3. The van der Waals surface area contributed by atoms with Crippen molar-refractivity contribution in [2.75, 3.05) is 5.32 Å². The molecule has 4 aromatic rings. The third-order valence-electron chi connectivity index (χ3n) is 3.83. The van der Waals surface area contributed by atoms with Crippen LogP contribution in [0.3, 0.4) is 0 Å². The second kappa shape index (κ2) is 6.85. The molecule has 3 N–H and O–H groups in total. The number of hydrogen-bond acceptors (Lipinski definition) is 6. The molecule has 134 valence electrons. The number of hydrogen-bond donors (Lipinski definition) is 3. The van der Waals surface area contributed by atoms with Gasteiger partial charge in [-0.3, -0.25) is 9.78 Å². The second-order valence-electron chi connectivity index (χ2n) is 5.57. The number of aromatic nitrogens is 4. The minimum absolute atomic E-state index is 0. The van der Waals surface area contributed by atoms with Gasteiger partial charge < -0.3 is 14.7 Å². The maximum atomic E-state index is 12.3. The highest BCUT2D eigenvalue weighted by atomic mass is 35.5. The Morgan fingerprint density at radius 1 is 1.23 bits per heavy atom. The topological polar surface area (TPSA) is 117 Å². The first-order chi connectivity index (χ1) is 12.0. The lowest BCUT2D eigenvalue weighted by atomic mass is 10.1. The van der Waals surface area contributed by atoms with E-state index in [1.807, 2.05) is 6.92 Å². The number of halogens is 1. The standard InChI is InChI=1S/C16H12ClN5O3.H2S/c1-7(19-15-18-6-12-13(21-15)22-16(24)25-12)10-5-8-4-9(17)2-3-11(8)20-14(10)23;/h2-7H,1H3,(H,20,23)(H2,18,19,21,22,24);1H2/t7-;/m0./s1. The molecule has 3 heterocycles. The van der Waals surface area contributed by atoms with E-state index in [9.17, 15) is 9.59 Å². The number of nitrogens with one attached hydrogen (secondary N) is 3. The van der Waals surface area contributed by atoms with Crippen LogP contribution >= 0.6 is 25.1 Å². The van der Waals surface area contributed by atoms with Gasteiger partial charge in [0.15, 0.2) is 11.2 Å². The van der Waals surface area contributed by atoms with E-state index >= 15 is 0 Å². The zero-order valence-corrected chi connectivity index (χ0v) is 15.2. The van der Waals surface area contributed by atoms with Gasteiger partial charge in [0.1, 0.15) is 0 Å². The van der Waals surface area contributed by atoms with Crippen molar-refractivity contribution in [1.82, 2.24) is 19.9 Å². The number of oxazole rings is 1. The van der Waals surface area contributed by atoms with Gasteiger partial charge >= 0.3 is 5.76 Å². The summed E-state index contributed by atoms with van der Waals surface area (Å²) in [5.74, 6) is -0.333. The van der Waals surface area contributed by atoms with Crippen molar-refractivity contribution in [3.63, 3.8) is 0 Å². The molecule has 0 bridgehead atoms. The molecular formula is C16H14ClN5O3S. The van der Waals surface area contributed by atoms with E-state index in [-0.39, 0.29) is 42.3 Å². The Bertz CT molecular complexity index is 1220. The number of fused-ring (bicyclic) bond motifs is 2. The summed E-state index contributed by atoms with van der Waals surface area (Å²) in [4.78, 5) is 37.0. The van der Waals surface area contributed by atoms with E-state index in [2.05, 4.69) is 25.3 Å². The predicted octanol–water partition coefficient (Wildman–Crippen LogP) is 2.69. The zero-order chi connectivity index (χ0) is 17.6. The molecule has 3 aromatic heterocycles. The number of aromatic amines is 2. The first-order valence-corrected chi connectivity index (χ1v) is 7.82. The Balaban J connectivity index is 0.00000196. The van der Waals surface area contributed by atoms with Crippen molar-refractivity contribution in [3.8, 4) is 0 Å². The molecule has 0 saturated heterocycles. The zero-order valence-electron chi connectivity index (χ0n) is 13.5. The summed E-state index contributed by atoms with van der Waals surface area (Å²) in [5.41, 5.74) is 1.56. The predicted molar refractivity (Wildman–Crippen MR) is 104 cm³/mol. The Kier molecular flexibility index (Phi) is 4.75. The fraction of sp³-hybridized carbons (Fsp3) is 0.125. The van der Waals surface area contributed by atoms with Crippen LogP contribution in [0.2, 0.25) is 5.02 Å². The van der Waals surface area contributed by atoms with Crippen molar-refractivity contribution in [2.45, 2.75) is 13.0 Å². The lowest BCUT2D eigenvalue weighted by Crippen LogP contribution is -2.20. The quantitative estimate of drug-likeness (QED) is 0.494. The Morgan fingerprint density at radius 2 is 2.04 bits per heavy atom. The van der Waals surface area contributed by atoms with Gasteiger partial charge in [-0.1, -0.05) is 11.6 Å². The SMILES string of the molecule is C[C@H](Nc1ncc2oc(=O)[nH]c2n1)c1cc2cc(Cl)ccc2[nH]c1=O.S. The molecule has 1 atom stereocenters. The van der Waals surface area contributed by atoms with Crippen LogP contribution in [0.5, 0.6) is 0 Å². The number of anilines is 1. The molecule has 0 fully saturated rings. The highest BCUT2D eigenvalue weighted by molar-refractivity contribution is 7.59. The van der Waals surface area contributed by atoms with E-state index in [0.717, 1.165) is 5.39 Å². The molecule has 4 rings (SSSR count). The van der Waals surface area contributed by atoms with Crippen LogP contribution in [0.25, 0.3) is 22.1 Å². The van der Waals surface area contributed by atoms with Gasteiger partial charge in [0.2, 0.25) is 5.95 Å². The second-order valence-corrected chi connectivity index (χ2v) is 6.01. The van der Waals surface area contributed by atoms with E-state index in [1.54, 1.807) is 24.3 Å². The van der Waals surface area contributed by atoms with Crippen LogP contribution < -0.4 is 16.6 Å². The smallest absolute Gasteiger partial charge is 0.404 e. The lowest BCUT2D eigenvalue weighted by Gasteiger charge is -2.14. The van der Waals surface area contributed by atoms with E-state index in [0.29, 0.717) is 16.1 Å². The van der Waals surface area contributed by atoms with Gasteiger partial charge in [-0.25, -0.2) is 9.78 Å². The highest BCUT2D eigenvalue weighted by Gasteiger charge is 2.14. The third-order valence-corrected chi connectivity index (χ3v) is 4.06. The molecule has 0 aliphatic carbocycles. The van der Waals surface area contributed by atoms with Gasteiger partial charge in [0.25, 0.3) is 5.56 Å². The Hall–Kier alpha value is -2.78. The summed E-state index contributed by atoms with van der Waals surface area (Å²) in [5, 5.41) is 4.45. The van der Waals surface area contributed by atoms with E-state index < -0.39 is 5.76 Å². The minimum atomic E-state index is -0.600. The number of pyridine rings is 1. The highest BCUT2D eigenvalue weighted by Crippen LogP contribution is 2.21. The first-order valence-electron chi connectivity index (χ1n) is 7.44. The fourth-order valence-electron chi connectivity index (χ4n) is 2.61. The molecule has 0 spiro atoms. The monoisotopic (exact) mass is 391 g/mol. The van der Waals surface area contributed by atoms with Crippen LogP contribution in [0.1, 0.15) is 18.5 Å². The molecule has 26 heavy (non-hydrogen) atoms. The molecule has 0 aliphatic heterocycles. The summed E-state index contributed by atoms with van der Waals surface area (Å²) < 4.78 is 4.86. The van der Waals surface area contributed by atoms with Crippen LogP contribution in [-0.4, -0.2) is 19.9 Å². The number of H-pyrrole nitrogens is 2. The summed E-state index contributed by atoms with van der Waals surface area (Å²) in [6.07, 6.45) is 1.39. The van der Waals surface area contributed by atoms with Gasteiger partial charge in [-0.2, -0.15) is 18.5 Å². The number of nitrogens with zero attached hydrogens (tertiary/aromatic N) is 2. The first kappa shape index (κ1) is 18.0. The minimum Gasteiger partial charge on any atom is -0.404 e. The van der Waals surface area contributed by atoms with E-state index in [4.69, 9.17) is 16.0 Å². The molecule has 0 unspecified atom stereocenters. The maximum Gasteiger partial charge on any atom is 0.418 e. The van der Waals surface area contributed by atoms with Gasteiger partial charge in [0, 0.05) is 21.5 Å². The molecule has 0 amide bonds. The number of benzene rings is 1. The van der Waals surface area contributed by atoms with Crippen LogP contribution in [0, 0.1) is 0 Å². The van der Waals surface area contributed by atoms with Crippen molar-refractivity contribution in [3.05, 3.63) is 62.0 Å². The van der Waals surface area contributed by atoms with Crippen molar-refractivity contribution < 1.29 is 4.42 Å². The lowest BCUT2D eigenvalue weighted by molar-refractivity contribution is 0.554.